The molecule has 0 atom stereocenters. The molecule has 3 N–H and O–H groups in total. The zero-order valence-electron chi connectivity index (χ0n) is 7.23. The molecular formula is C8H13BO3. The van der Waals surface area contributed by atoms with Gasteiger partial charge >= 0.3 is 7.12 Å². The topological polar surface area (TPSA) is 60.7 Å². The Morgan fingerprint density at radius 3 is 1.92 bits per heavy atom. The fourth-order valence-electron chi connectivity index (χ4n) is 0.876. The Morgan fingerprint density at radius 1 is 1.08 bits per heavy atom. The van der Waals surface area contributed by atoms with Gasteiger partial charge in [-0.3, -0.25) is 0 Å². The molecule has 0 spiro atoms. The molecule has 66 valence electrons. The van der Waals surface area contributed by atoms with Crippen LogP contribution in [-0.2, 0) is 0 Å². The second-order valence-electron chi connectivity index (χ2n) is 2.23. The molecule has 0 aromatic heterocycles. The number of aliphatic hydroxyl groups is 1. The average Bonchev–Trinajstić information content (AvgIpc) is 2.08. The number of benzene rings is 1. The van der Waals surface area contributed by atoms with E-state index in [4.69, 9.17) is 15.2 Å². The van der Waals surface area contributed by atoms with Crippen LogP contribution in [0.2, 0.25) is 0 Å². The normalized spacial score (nSPS) is 8.42. The lowest BCUT2D eigenvalue weighted by molar-refractivity contribution is 0.399. The number of hydrogen-bond donors (Lipinski definition) is 3. The Morgan fingerprint density at radius 2 is 1.58 bits per heavy atom. The second-order valence-corrected chi connectivity index (χ2v) is 2.23. The van der Waals surface area contributed by atoms with Crippen molar-refractivity contribution >= 4 is 12.6 Å². The summed E-state index contributed by atoms with van der Waals surface area (Å²) in [5, 5.41) is 24.5. The molecular weight excluding hydrogens is 155 g/mol. The molecule has 1 rings (SSSR count). The summed E-state index contributed by atoms with van der Waals surface area (Å²) in [6.07, 6.45) is 0. The van der Waals surface area contributed by atoms with Crippen LogP contribution in [0.1, 0.15) is 5.56 Å². The third kappa shape index (κ3) is 3.05. The van der Waals surface area contributed by atoms with Crippen LogP contribution in [0, 0.1) is 6.92 Å². The highest BCUT2D eigenvalue weighted by Crippen LogP contribution is 1.92. The molecule has 0 saturated heterocycles. The minimum Gasteiger partial charge on any atom is -0.423 e. The Balaban J connectivity index is 0.000000561. The van der Waals surface area contributed by atoms with Gasteiger partial charge in [0.15, 0.2) is 0 Å². The summed E-state index contributed by atoms with van der Waals surface area (Å²) in [5.74, 6) is 0. The fraction of sp³-hybridized carbons (Fsp3) is 0.250. The van der Waals surface area contributed by atoms with Gasteiger partial charge < -0.3 is 15.2 Å². The van der Waals surface area contributed by atoms with E-state index in [0.29, 0.717) is 5.46 Å². The minimum atomic E-state index is -1.35. The van der Waals surface area contributed by atoms with Gasteiger partial charge in [-0.25, -0.2) is 0 Å². The number of aryl methyl sites for hydroxylation is 1. The monoisotopic (exact) mass is 168 g/mol. The summed E-state index contributed by atoms with van der Waals surface area (Å²) < 4.78 is 0. The maximum absolute atomic E-state index is 8.76. The number of hydrogen-bond acceptors (Lipinski definition) is 3. The Labute approximate surface area is 72.4 Å². The Bertz CT molecular complexity index is 225. The van der Waals surface area contributed by atoms with Crippen molar-refractivity contribution < 1.29 is 15.2 Å². The van der Waals surface area contributed by atoms with E-state index in [2.05, 4.69) is 0 Å². The van der Waals surface area contributed by atoms with Crippen LogP contribution >= 0.6 is 0 Å². The van der Waals surface area contributed by atoms with Crippen LogP contribution in [0.5, 0.6) is 0 Å². The molecule has 0 fully saturated rings. The summed E-state index contributed by atoms with van der Waals surface area (Å²) in [7, 11) is -0.346. The second kappa shape index (κ2) is 5.77. The maximum atomic E-state index is 8.76. The molecule has 0 aliphatic rings. The van der Waals surface area contributed by atoms with Gasteiger partial charge in [-0.1, -0.05) is 29.8 Å². The SMILES string of the molecule is CO.Cc1ccccc1B(O)O. The van der Waals surface area contributed by atoms with Gasteiger partial charge in [0.2, 0.25) is 0 Å². The van der Waals surface area contributed by atoms with Gasteiger partial charge in [0.25, 0.3) is 0 Å². The van der Waals surface area contributed by atoms with E-state index < -0.39 is 7.12 Å². The highest BCUT2D eigenvalue weighted by atomic mass is 16.4. The van der Waals surface area contributed by atoms with E-state index in [1.54, 1.807) is 12.1 Å². The molecule has 0 unspecified atom stereocenters. The molecule has 0 aliphatic carbocycles. The van der Waals surface area contributed by atoms with Crippen LogP contribution in [-0.4, -0.2) is 29.4 Å². The van der Waals surface area contributed by atoms with Crippen LogP contribution in [0.15, 0.2) is 24.3 Å². The van der Waals surface area contributed by atoms with E-state index in [1.807, 2.05) is 19.1 Å². The summed E-state index contributed by atoms with van der Waals surface area (Å²) in [4.78, 5) is 0. The predicted molar refractivity (Wildman–Crippen MR) is 49.1 cm³/mol. The first-order chi connectivity index (χ1) is 5.72. The fourth-order valence-corrected chi connectivity index (χ4v) is 0.876. The first kappa shape index (κ1) is 11.2. The quantitative estimate of drug-likeness (QED) is 0.485. The van der Waals surface area contributed by atoms with Crippen LogP contribution in [0.25, 0.3) is 0 Å². The molecule has 1 aromatic carbocycles. The van der Waals surface area contributed by atoms with Crippen molar-refractivity contribution in [2.24, 2.45) is 0 Å². The number of rotatable bonds is 1. The van der Waals surface area contributed by atoms with Crippen molar-refractivity contribution in [3.05, 3.63) is 29.8 Å². The average molecular weight is 168 g/mol. The van der Waals surface area contributed by atoms with E-state index in [1.165, 1.54) is 0 Å². The number of aliphatic hydroxyl groups excluding tert-OH is 1. The first-order valence-corrected chi connectivity index (χ1v) is 3.58. The maximum Gasteiger partial charge on any atom is 0.488 e. The zero-order chi connectivity index (χ0) is 9.56. The lowest BCUT2D eigenvalue weighted by atomic mass is 9.77. The lowest BCUT2D eigenvalue weighted by Gasteiger charge is -2.01. The first-order valence-electron chi connectivity index (χ1n) is 3.58. The van der Waals surface area contributed by atoms with E-state index in [-0.39, 0.29) is 0 Å². The summed E-state index contributed by atoms with van der Waals surface area (Å²) >= 11 is 0. The lowest BCUT2D eigenvalue weighted by Crippen LogP contribution is -2.31. The zero-order valence-corrected chi connectivity index (χ0v) is 7.23. The van der Waals surface area contributed by atoms with Gasteiger partial charge in [-0.15, -0.1) is 0 Å². The van der Waals surface area contributed by atoms with Crippen molar-refractivity contribution in [3.63, 3.8) is 0 Å². The van der Waals surface area contributed by atoms with Gasteiger partial charge in [0, 0.05) is 7.11 Å². The standard InChI is InChI=1S/C7H9BO2.CH4O/c1-6-4-2-3-5-7(6)8(9)10;1-2/h2-5,9-10H,1H3;2H,1H3. The molecule has 0 aliphatic heterocycles. The van der Waals surface area contributed by atoms with Crippen LogP contribution in [0.3, 0.4) is 0 Å². The highest BCUT2D eigenvalue weighted by molar-refractivity contribution is 6.59. The molecule has 3 nitrogen and oxygen atoms in total. The van der Waals surface area contributed by atoms with Crippen LogP contribution < -0.4 is 5.46 Å². The Hall–Kier alpha value is -0.835. The summed E-state index contributed by atoms with van der Waals surface area (Å²) in [6.45, 7) is 1.84. The molecule has 4 heteroatoms. The van der Waals surface area contributed by atoms with E-state index >= 15 is 0 Å². The van der Waals surface area contributed by atoms with Crippen LogP contribution in [0.4, 0.5) is 0 Å². The molecule has 0 radical (unpaired) electrons. The summed E-state index contributed by atoms with van der Waals surface area (Å²) in [5.41, 5.74) is 1.47. The van der Waals surface area contributed by atoms with Gasteiger partial charge in [0.1, 0.15) is 0 Å². The smallest absolute Gasteiger partial charge is 0.423 e. The van der Waals surface area contributed by atoms with Crippen molar-refractivity contribution in [2.75, 3.05) is 7.11 Å². The summed E-state index contributed by atoms with van der Waals surface area (Å²) in [6, 6.07) is 7.18. The largest absolute Gasteiger partial charge is 0.488 e. The van der Waals surface area contributed by atoms with E-state index in [9.17, 15) is 0 Å². The van der Waals surface area contributed by atoms with Crippen molar-refractivity contribution in [2.45, 2.75) is 6.92 Å². The molecule has 1 aromatic rings. The van der Waals surface area contributed by atoms with Gasteiger partial charge in [-0.2, -0.15) is 0 Å². The molecule has 12 heavy (non-hydrogen) atoms. The van der Waals surface area contributed by atoms with Crippen molar-refractivity contribution in [1.82, 2.24) is 0 Å². The van der Waals surface area contributed by atoms with E-state index in [0.717, 1.165) is 12.7 Å². The predicted octanol–water partition coefficient (Wildman–Crippen LogP) is -0.717. The minimum absolute atomic E-state index is 0.572. The molecule has 0 saturated carbocycles. The Kier molecular flexibility index (Phi) is 5.37. The van der Waals surface area contributed by atoms with Gasteiger partial charge in [-0.05, 0) is 12.4 Å². The molecule has 0 heterocycles. The highest BCUT2D eigenvalue weighted by Gasteiger charge is 2.11. The molecule has 0 amide bonds. The van der Waals surface area contributed by atoms with Gasteiger partial charge in [0.05, 0.1) is 0 Å². The van der Waals surface area contributed by atoms with Crippen molar-refractivity contribution in [1.29, 1.82) is 0 Å². The third-order valence-corrected chi connectivity index (χ3v) is 1.47. The van der Waals surface area contributed by atoms with Crippen molar-refractivity contribution in [3.8, 4) is 0 Å². The third-order valence-electron chi connectivity index (χ3n) is 1.47. The molecule has 0 bridgehead atoms.